The number of aryl methyl sites for hydroxylation is 1. The molecule has 0 unspecified atom stereocenters. The van der Waals surface area contributed by atoms with Gasteiger partial charge in [-0.15, -0.1) is 4.80 Å². The Morgan fingerprint density at radius 2 is 1.80 bits per heavy atom. The molecular formula is C25H21F4N9O2. The second kappa shape index (κ2) is 11.2. The third kappa shape index (κ3) is 6.23. The van der Waals surface area contributed by atoms with Crippen LogP contribution in [0.3, 0.4) is 0 Å². The SMILES string of the molecule is Cc1ncc(Nc2nc(N[C@@H](c3ccc(C(F)(F)F)cc3)[C@H](C)NC(=O)O)c(F)cc2C#N)cc1-n1nccn1. The molecule has 11 nitrogen and oxygen atoms in total. The van der Waals surface area contributed by atoms with Crippen LogP contribution in [0.25, 0.3) is 5.69 Å². The maximum Gasteiger partial charge on any atom is 0.416 e. The largest absolute Gasteiger partial charge is 0.465 e. The van der Waals surface area contributed by atoms with E-state index < -0.39 is 35.7 Å². The lowest BCUT2D eigenvalue weighted by Gasteiger charge is -2.27. The maximum atomic E-state index is 15.1. The molecule has 2 atom stereocenters. The molecule has 0 aliphatic carbocycles. The van der Waals surface area contributed by atoms with Crippen molar-refractivity contribution in [2.75, 3.05) is 10.6 Å². The highest BCUT2D eigenvalue weighted by molar-refractivity contribution is 5.67. The average molecular weight is 555 g/mol. The molecular weight excluding hydrogens is 534 g/mol. The first kappa shape index (κ1) is 27.8. The van der Waals surface area contributed by atoms with Crippen molar-refractivity contribution in [2.24, 2.45) is 0 Å². The predicted molar refractivity (Wildman–Crippen MR) is 135 cm³/mol. The first-order valence-corrected chi connectivity index (χ1v) is 11.6. The van der Waals surface area contributed by atoms with Crippen molar-refractivity contribution in [3.05, 3.63) is 83.2 Å². The zero-order chi connectivity index (χ0) is 29.0. The van der Waals surface area contributed by atoms with Gasteiger partial charge in [-0.05, 0) is 43.7 Å². The Morgan fingerprint density at radius 3 is 2.40 bits per heavy atom. The molecule has 0 bridgehead atoms. The Balaban J connectivity index is 1.69. The summed E-state index contributed by atoms with van der Waals surface area (Å²) >= 11 is 0. The molecule has 0 saturated carbocycles. The van der Waals surface area contributed by atoms with Gasteiger partial charge < -0.3 is 21.1 Å². The average Bonchev–Trinajstić information content (AvgIpc) is 3.43. The van der Waals surface area contributed by atoms with Crippen molar-refractivity contribution in [1.82, 2.24) is 30.3 Å². The standard InChI is InChI=1S/C25H21F4N9O2/c1-13-20(38-32-7-8-33-38)10-18(12-31-13)35-22-16(11-30)9-19(26)23(37-22)36-21(14(2)34-24(39)40)15-3-5-17(6-4-15)25(27,28)29/h3-10,12,14,21,34H,1-2H3,(H,39,40)(H2,35,36,37)/t14-,21+/m0/s1. The number of alkyl halides is 3. The molecule has 1 amide bonds. The summed E-state index contributed by atoms with van der Waals surface area (Å²) in [5.74, 6) is -1.37. The molecule has 15 heteroatoms. The summed E-state index contributed by atoms with van der Waals surface area (Å²) in [7, 11) is 0. The molecule has 0 spiro atoms. The molecule has 206 valence electrons. The molecule has 0 aliphatic rings. The van der Waals surface area contributed by atoms with E-state index in [1.54, 1.807) is 13.0 Å². The van der Waals surface area contributed by atoms with E-state index in [9.17, 15) is 28.3 Å². The van der Waals surface area contributed by atoms with Crippen LogP contribution in [0.15, 0.2) is 55.0 Å². The normalized spacial score (nSPS) is 12.7. The number of carboxylic acid groups (broad SMARTS) is 1. The van der Waals surface area contributed by atoms with Crippen molar-refractivity contribution in [2.45, 2.75) is 32.1 Å². The van der Waals surface area contributed by atoms with Crippen LogP contribution in [0.1, 0.15) is 35.3 Å². The van der Waals surface area contributed by atoms with Gasteiger partial charge in [0.25, 0.3) is 0 Å². The van der Waals surface area contributed by atoms with Gasteiger partial charge in [0.1, 0.15) is 11.8 Å². The number of nitrogens with zero attached hydrogens (tertiary/aromatic N) is 6. The van der Waals surface area contributed by atoms with Gasteiger partial charge in [-0.3, -0.25) is 4.98 Å². The number of pyridine rings is 2. The lowest BCUT2D eigenvalue weighted by Crippen LogP contribution is -2.39. The topological polar surface area (TPSA) is 154 Å². The highest BCUT2D eigenvalue weighted by atomic mass is 19.4. The number of nitriles is 1. The Kier molecular flexibility index (Phi) is 7.80. The summed E-state index contributed by atoms with van der Waals surface area (Å²) < 4.78 is 54.2. The fourth-order valence-corrected chi connectivity index (χ4v) is 3.84. The van der Waals surface area contributed by atoms with E-state index in [-0.39, 0.29) is 22.8 Å². The minimum atomic E-state index is -4.58. The third-order valence-corrected chi connectivity index (χ3v) is 5.79. The van der Waals surface area contributed by atoms with E-state index in [4.69, 9.17) is 0 Å². The molecule has 40 heavy (non-hydrogen) atoms. The molecule has 4 aromatic rings. The molecule has 4 N–H and O–H groups in total. The first-order chi connectivity index (χ1) is 19.0. The van der Waals surface area contributed by atoms with Crippen LogP contribution < -0.4 is 16.0 Å². The van der Waals surface area contributed by atoms with Gasteiger partial charge in [0, 0.05) is 0 Å². The second-order valence-electron chi connectivity index (χ2n) is 8.58. The summed E-state index contributed by atoms with van der Waals surface area (Å²) in [6, 6.07) is 6.43. The number of nitrogens with one attached hydrogen (secondary N) is 3. The molecule has 0 aliphatic heterocycles. The first-order valence-electron chi connectivity index (χ1n) is 11.6. The van der Waals surface area contributed by atoms with E-state index in [2.05, 4.69) is 36.1 Å². The lowest BCUT2D eigenvalue weighted by atomic mass is 9.98. The quantitative estimate of drug-likeness (QED) is 0.221. The summed E-state index contributed by atoms with van der Waals surface area (Å²) in [5.41, 5.74) is 0.693. The number of carbonyl (C=O) groups is 1. The molecule has 0 saturated heterocycles. The summed E-state index contributed by atoms with van der Waals surface area (Å²) in [4.78, 5) is 21.1. The minimum absolute atomic E-state index is 0.0542. The molecule has 0 radical (unpaired) electrons. The predicted octanol–water partition coefficient (Wildman–Crippen LogP) is 4.95. The van der Waals surface area contributed by atoms with Crippen molar-refractivity contribution < 1.29 is 27.5 Å². The van der Waals surface area contributed by atoms with Crippen LogP contribution >= 0.6 is 0 Å². The van der Waals surface area contributed by atoms with Crippen molar-refractivity contribution >= 4 is 23.4 Å². The highest BCUT2D eigenvalue weighted by Gasteiger charge is 2.31. The van der Waals surface area contributed by atoms with Gasteiger partial charge in [-0.25, -0.2) is 14.2 Å². The van der Waals surface area contributed by atoms with Crippen LogP contribution in [0.5, 0.6) is 0 Å². The van der Waals surface area contributed by atoms with Crippen molar-refractivity contribution in [1.29, 1.82) is 5.26 Å². The summed E-state index contributed by atoms with van der Waals surface area (Å²) in [6.45, 7) is 3.20. The lowest BCUT2D eigenvalue weighted by molar-refractivity contribution is -0.137. The van der Waals surface area contributed by atoms with E-state index in [1.165, 1.54) is 30.3 Å². The molecule has 3 heterocycles. The number of halogens is 4. The number of hydrogen-bond donors (Lipinski definition) is 4. The zero-order valence-corrected chi connectivity index (χ0v) is 20.9. The smallest absolute Gasteiger partial charge is 0.416 e. The van der Waals surface area contributed by atoms with Crippen LogP contribution in [-0.4, -0.2) is 42.2 Å². The number of benzene rings is 1. The van der Waals surface area contributed by atoms with Gasteiger partial charge in [0.2, 0.25) is 0 Å². The van der Waals surface area contributed by atoms with Gasteiger partial charge in [-0.2, -0.15) is 28.6 Å². The van der Waals surface area contributed by atoms with E-state index in [0.717, 1.165) is 30.3 Å². The molecule has 4 rings (SSSR count). The number of hydrogen-bond acceptors (Lipinski definition) is 8. The van der Waals surface area contributed by atoms with Gasteiger partial charge >= 0.3 is 12.3 Å². The summed E-state index contributed by atoms with van der Waals surface area (Å²) in [5, 5.41) is 34.8. The molecule has 1 aromatic carbocycles. The molecule has 3 aromatic heterocycles. The second-order valence-corrected chi connectivity index (χ2v) is 8.58. The molecule has 0 fully saturated rings. The van der Waals surface area contributed by atoms with E-state index >= 15 is 4.39 Å². The Labute approximate surface area is 224 Å². The third-order valence-electron chi connectivity index (χ3n) is 5.79. The highest BCUT2D eigenvalue weighted by Crippen LogP contribution is 2.32. The van der Waals surface area contributed by atoms with E-state index in [1.807, 2.05) is 6.07 Å². The number of amides is 1. The van der Waals surface area contributed by atoms with Crippen LogP contribution in [0.2, 0.25) is 0 Å². The Hall–Kier alpha value is -5.26. The number of rotatable bonds is 8. The van der Waals surface area contributed by atoms with Crippen LogP contribution in [-0.2, 0) is 6.18 Å². The maximum absolute atomic E-state index is 15.1. The Bertz CT molecular complexity index is 1550. The number of aromatic nitrogens is 5. The monoisotopic (exact) mass is 555 g/mol. The Morgan fingerprint density at radius 1 is 1.12 bits per heavy atom. The van der Waals surface area contributed by atoms with E-state index in [0.29, 0.717) is 17.1 Å². The fourth-order valence-electron chi connectivity index (χ4n) is 3.84. The zero-order valence-electron chi connectivity index (χ0n) is 20.9. The fraction of sp³-hybridized carbons (Fsp3) is 0.200. The van der Waals surface area contributed by atoms with Crippen molar-refractivity contribution in [3.63, 3.8) is 0 Å². The van der Waals surface area contributed by atoms with Crippen molar-refractivity contribution in [3.8, 4) is 11.8 Å². The van der Waals surface area contributed by atoms with Crippen LogP contribution in [0, 0.1) is 24.1 Å². The minimum Gasteiger partial charge on any atom is -0.465 e. The number of anilines is 3. The van der Waals surface area contributed by atoms with Gasteiger partial charge in [-0.1, -0.05) is 12.1 Å². The van der Waals surface area contributed by atoms with Crippen LogP contribution in [0.4, 0.5) is 39.7 Å². The van der Waals surface area contributed by atoms with Gasteiger partial charge in [0.15, 0.2) is 17.5 Å². The summed E-state index contributed by atoms with van der Waals surface area (Å²) in [6.07, 6.45) is -1.53. The van der Waals surface area contributed by atoms with Gasteiger partial charge in [0.05, 0.1) is 53.2 Å².